The van der Waals surface area contributed by atoms with Gasteiger partial charge in [-0.15, -0.1) is 0 Å². The minimum absolute atomic E-state index is 0.340. The van der Waals surface area contributed by atoms with Gasteiger partial charge in [-0.25, -0.2) is 0 Å². The Morgan fingerprint density at radius 2 is 2.21 bits per heavy atom. The summed E-state index contributed by atoms with van der Waals surface area (Å²) in [5, 5.41) is 3.33. The maximum absolute atomic E-state index is 11.7. The van der Waals surface area contributed by atoms with Crippen molar-refractivity contribution in [2.75, 3.05) is 26.2 Å². The molecular formula is C11H22N2O. The Morgan fingerprint density at radius 3 is 2.93 bits per heavy atom. The lowest BCUT2D eigenvalue weighted by Gasteiger charge is -2.25. The van der Waals surface area contributed by atoms with E-state index < -0.39 is 0 Å². The van der Waals surface area contributed by atoms with Gasteiger partial charge in [-0.2, -0.15) is 0 Å². The maximum atomic E-state index is 11.7. The third-order valence-electron chi connectivity index (χ3n) is 2.63. The number of nitrogens with one attached hydrogen (secondary N) is 1. The maximum Gasteiger partial charge on any atom is 0.222 e. The SMILES string of the molecule is CC(C)CCN1CCNCCCC1=O. The molecule has 0 atom stereocenters. The normalized spacial score (nSPS) is 19.6. The van der Waals surface area contributed by atoms with Crippen molar-refractivity contribution in [3.05, 3.63) is 0 Å². The largest absolute Gasteiger partial charge is 0.341 e. The zero-order chi connectivity index (χ0) is 10.4. The van der Waals surface area contributed by atoms with Gasteiger partial charge in [0.2, 0.25) is 5.91 Å². The first kappa shape index (κ1) is 11.5. The van der Waals surface area contributed by atoms with Crippen LogP contribution in [0, 0.1) is 5.92 Å². The minimum atomic E-state index is 0.340. The summed E-state index contributed by atoms with van der Waals surface area (Å²) < 4.78 is 0. The highest BCUT2D eigenvalue weighted by Gasteiger charge is 2.14. The highest BCUT2D eigenvalue weighted by Crippen LogP contribution is 2.05. The van der Waals surface area contributed by atoms with Crippen LogP contribution < -0.4 is 5.32 Å². The van der Waals surface area contributed by atoms with Gasteiger partial charge in [-0.3, -0.25) is 4.79 Å². The average Bonchev–Trinajstić information content (AvgIpc) is 2.10. The van der Waals surface area contributed by atoms with Gasteiger partial charge in [-0.1, -0.05) is 13.8 Å². The lowest BCUT2D eigenvalue weighted by molar-refractivity contribution is -0.131. The number of hydrogen-bond acceptors (Lipinski definition) is 2. The first-order valence-corrected chi connectivity index (χ1v) is 5.68. The van der Waals surface area contributed by atoms with E-state index in [1.807, 2.05) is 4.90 Å². The Labute approximate surface area is 86.9 Å². The van der Waals surface area contributed by atoms with Crippen molar-refractivity contribution in [1.82, 2.24) is 10.2 Å². The zero-order valence-corrected chi connectivity index (χ0v) is 9.38. The van der Waals surface area contributed by atoms with Gasteiger partial charge in [-0.05, 0) is 25.3 Å². The summed E-state index contributed by atoms with van der Waals surface area (Å²) in [5.41, 5.74) is 0. The molecule has 0 radical (unpaired) electrons. The van der Waals surface area contributed by atoms with E-state index >= 15 is 0 Å². The third-order valence-corrected chi connectivity index (χ3v) is 2.63. The molecule has 0 spiro atoms. The first-order valence-electron chi connectivity index (χ1n) is 5.68. The predicted molar refractivity (Wildman–Crippen MR) is 58.1 cm³/mol. The molecule has 1 saturated heterocycles. The molecule has 3 heteroatoms. The molecule has 1 amide bonds. The third kappa shape index (κ3) is 4.09. The van der Waals surface area contributed by atoms with Gasteiger partial charge in [0.25, 0.3) is 0 Å². The Bertz CT molecular complexity index is 180. The minimum Gasteiger partial charge on any atom is -0.341 e. The van der Waals surface area contributed by atoms with Crippen LogP contribution in [0.15, 0.2) is 0 Å². The van der Waals surface area contributed by atoms with Crippen molar-refractivity contribution in [2.45, 2.75) is 33.1 Å². The average molecular weight is 198 g/mol. The summed E-state index contributed by atoms with van der Waals surface area (Å²) in [6.07, 6.45) is 2.81. The Balaban J connectivity index is 2.33. The summed E-state index contributed by atoms with van der Waals surface area (Å²) in [7, 11) is 0. The second-order valence-electron chi connectivity index (χ2n) is 4.42. The monoisotopic (exact) mass is 198 g/mol. The molecule has 0 aliphatic carbocycles. The lowest BCUT2D eigenvalue weighted by Crippen LogP contribution is -2.40. The molecule has 0 aromatic rings. The van der Waals surface area contributed by atoms with E-state index in [0.29, 0.717) is 18.2 Å². The van der Waals surface area contributed by atoms with E-state index in [2.05, 4.69) is 19.2 Å². The number of nitrogens with zero attached hydrogens (tertiary/aromatic N) is 1. The van der Waals surface area contributed by atoms with Crippen molar-refractivity contribution >= 4 is 5.91 Å². The number of hydrogen-bond donors (Lipinski definition) is 1. The molecule has 1 aliphatic heterocycles. The van der Waals surface area contributed by atoms with Crippen LogP contribution in [-0.2, 0) is 4.79 Å². The highest BCUT2D eigenvalue weighted by molar-refractivity contribution is 5.76. The van der Waals surface area contributed by atoms with Crippen molar-refractivity contribution in [2.24, 2.45) is 5.92 Å². The fraction of sp³-hybridized carbons (Fsp3) is 0.909. The van der Waals surface area contributed by atoms with Crippen LogP contribution in [0.5, 0.6) is 0 Å². The van der Waals surface area contributed by atoms with Crippen molar-refractivity contribution in [3.63, 3.8) is 0 Å². The van der Waals surface area contributed by atoms with E-state index in [1.54, 1.807) is 0 Å². The lowest BCUT2D eigenvalue weighted by atomic mass is 10.1. The van der Waals surface area contributed by atoms with E-state index in [0.717, 1.165) is 39.0 Å². The van der Waals surface area contributed by atoms with Crippen LogP contribution in [-0.4, -0.2) is 37.0 Å². The smallest absolute Gasteiger partial charge is 0.222 e. The molecule has 0 aromatic carbocycles. The fourth-order valence-electron chi connectivity index (χ4n) is 1.64. The highest BCUT2D eigenvalue weighted by atomic mass is 16.2. The van der Waals surface area contributed by atoms with Gasteiger partial charge in [0.05, 0.1) is 0 Å². The van der Waals surface area contributed by atoms with Crippen molar-refractivity contribution < 1.29 is 4.79 Å². The molecule has 3 nitrogen and oxygen atoms in total. The molecule has 1 fully saturated rings. The van der Waals surface area contributed by atoms with Crippen LogP contribution in [0.4, 0.5) is 0 Å². The van der Waals surface area contributed by atoms with E-state index in [9.17, 15) is 4.79 Å². The number of carbonyl (C=O) groups excluding carboxylic acids is 1. The van der Waals surface area contributed by atoms with Gasteiger partial charge < -0.3 is 10.2 Å². The molecule has 1 rings (SSSR count). The molecule has 0 aromatic heterocycles. The molecule has 1 heterocycles. The molecule has 82 valence electrons. The van der Waals surface area contributed by atoms with E-state index in [4.69, 9.17) is 0 Å². The molecule has 0 saturated carbocycles. The van der Waals surface area contributed by atoms with E-state index in [-0.39, 0.29) is 0 Å². The molecule has 0 bridgehead atoms. The van der Waals surface area contributed by atoms with Gasteiger partial charge in [0, 0.05) is 26.1 Å². The topological polar surface area (TPSA) is 32.3 Å². The standard InChI is InChI=1S/C11H22N2O/c1-10(2)5-8-13-9-7-12-6-3-4-11(13)14/h10,12H,3-9H2,1-2H3. The Morgan fingerprint density at radius 1 is 1.43 bits per heavy atom. The van der Waals surface area contributed by atoms with Crippen LogP contribution >= 0.6 is 0 Å². The van der Waals surface area contributed by atoms with E-state index in [1.165, 1.54) is 0 Å². The molecule has 0 unspecified atom stereocenters. The number of amides is 1. The molecule has 14 heavy (non-hydrogen) atoms. The van der Waals surface area contributed by atoms with Crippen LogP contribution in [0.1, 0.15) is 33.1 Å². The Hall–Kier alpha value is -0.570. The summed E-state index contributed by atoms with van der Waals surface area (Å²) in [6, 6.07) is 0. The van der Waals surface area contributed by atoms with Gasteiger partial charge in [0.15, 0.2) is 0 Å². The number of carbonyl (C=O) groups is 1. The van der Waals surface area contributed by atoms with Crippen LogP contribution in [0.2, 0.25) is 0 Å². The summed E-state index contributed by atoms with van der Waals surface area (Å²) in [4.78, 5) is 13.7. The quantitative estimate of drug-likeness (QED) is 0.740. The van der Waals surface area contributed by atoms with Gasteiger partial charge in [0.1, 0.15) is 0 Å². The second-order valence-corrected chi connectivity index (χ2v) is 4.42. The molecule has 1 aliphatic rings. The summed E-state index contributed by atoms with van der Waals surface area (Å²) >= 11 is 0. The van der Waals surface area contributed by atoms with Crippen molar-refractivity contribution in [1.29, 1.82) is 0 Å². The summed E-state index contributed by atoms with van der Waals surface area (Å²) in [6.45, 7) is 8.15. The zero-order valence-electron chi connectivity index (χ0n) is 9.38. The second kappa shape index (κ2) is 6.02. The summed E-state index contributed by atoms with van der Waals surface area (Å²) in [5.74, 6) is 1.02. The first-order chi connectivity index (χ1) is 6.70. The Kier molecular flexibility index (Phi) is 4.94. The fourth-order valence-corrected chi connectivity index (χ4v) is 1.64. The molecular weight excluding hydrogens is 176 g/mol. The van der Waals surface area contributed by atoms with Crippen LogP contribution in [0.25, 0.3) is 0 Å². The predicted octanol–water partition coefficient (Wildman–Crippen LogP) is 1.24. The van der Waals surface area contributed by atoms with Gasteiger partial charge >= 0.3 is 0 Å². The number of rotatable bonds is 3. The van der Waals surface area contributed by atoms with Crippen LogP contribution in [0.3, 0.4) is 0 Å². The van der Waals surface area contributed by atoms with Crippen molar-refractivity contribution in [3.8, 4) is 0 Å². The molecule has 1 N–H and O–H groups in total.